The molecular weight excluding hydrogens is 376 g/mol. The Morgan fingerprint density at radius 1 is 1.00 bits per heavy atom. The van der Waals surface area contributed by atoms with Crippen molar-refractivity contribution in [2.75, 3.05) is 13.7 Å². The molecule has 6 nitrogen and oxygen atoms in total. The summed E-state index contributed by atoms with van der Waals surface area (Å²) in [5, 5.41) is 40.7. The Balaban J connectivity index is 1.71. The van der Waals surface area contributed by atoms with Gasteiger partial charge in [-0.2, -0.15) is 0 Å². The van der Waals surface area contributed by atoms with E-state index in [-0.39, 0.29) is 6.61 Å². The molecule has 2 heterocycles. The minimum atomic E-state index is -1.36. The zero-order chi connectivity index (χ0) is 18.7. The summed E-state index contributed by atoms with van der Waals surface area (Å²) in [5.74, 6) is 1.42. The smallest absolute Gasteiger partial charge is 0.173 e. The minimum Gasteiger partial charge on any atom is -0.497 e. The number of ether oxygens (including phenoxy) is 2. The molecule has 0 spiro atoms. The molecule has 142 valence electrons. The van der Waals surface area contributed by atoms with E-state index < -0.39 is 29.0 Å². The maximum atomic E-state index is 10.2. The van der Waals surface area contributed by atoms with Gasteiger partial charge in [-0.15, -0.1) is 23.1 Å². The van der Waals surface area contributed by atoms with Crippen LogP contribution in [-0.4, -0.2) is 63.1 Å². The van der Waals surface area contributed by atoms with Crippen LogP contribution in [0, 0.1) is 0 Å². The lowest BCUT2D eigenvalue weighted by Gasteiger charge is -2.39. The Hall–Kier alpha value is -1.29. The quantitative estimate of drug-likeness (QED) is 0.581. The van der Waals surface area contributed by atoms with Crippen LogP contribution in [0.2, 0.25) is 0 Å². The molecule has 1 aromatic carbocycles. The molecule has 1 fully saturated rings. The van der Waals surface area contributed by atoms with Crippen LogP contribution in [0.15, 0.2) is 35.7 Å². The highest BCUT2D eigenvalue weighted by atomic mass is 32.2. The van der Waals surface area contributed by atoms with E-state index in [1.165, 1.54) is 0 Å². The van der Waals surface area contributed by atoms with Crippen LogP contribution in [-0.2, 0) is 6.42 Å². The third-order valence-corrected chi connectivity index (χ3v) is 6.64. The Kier molecular flexibility index (Phi) is 6.44. The van der Waals surface area contributed by atoms with Crippen LogP contribution in [0.25, 0.3) is 0 Å². The lowest BCUT2D eigenvalue weighted by molar-refractivity contribution is -0.0909. The van der Waals surface area contributed by atoms with Gasteiger partial charge in [0.1, 0.15) is 23.7 Å². The van der Waals surface area contributed by atoms with Crippen LogP contribution in [0.4, 0.5) is 0 Å². The van der Waals surface area contributed by atoms with E-state index in [1.54, 1.807) is 18.4 Å². The number of aliphatic hydroxyl groups is 4. The van der Waals surface area contributed by atoms with Gasteiger partial charge in [-0.05, 0) is 29.1 Å². The number of thiophene rings is 1. The number of thioether (sulfide) groups is 1. The average Bonchev–Trinajstić information content (AvgIpc) is 3.09. The monoisotopic (exact) mass is 398 g/mol. The van der Waals surface area contributed by atoms with Crippen molar-refractivity contribution in [3.63, 3.8) is 0 Å². The van der Waals surface area contributed by atoms with E-state index >= 15 is 0 Å². The first-order chi connectivity index (χ1) is 12.5. The van der Waals surface area contributed by atoms with Gasteiger partial charge >= 0.3 is 0 Å². The van der Waals surface area contributed by atoms with Gasteiger partial charge in [-0.25, -0.2) is 0 Å². The first kappa shape index (κ1) is 19.5. The number of hydrogen-bond acceptors (Lipinski definition) is 8. The minimum absolute atomic E-state index is 0.308. The normalized spacial score (nSPS) is 28.7. The second-order valence-corrected chi connectivity index (χ2v) is 8.39. The first-order valence-corrected chi connectivity index (χ1v) is 10.0. The van der Waals surface area contributed by atoms with E-state index in [0.717, 1.165) is 28.0 Å². The summed E-state index contributed by atoms with van der Waals surface area (Å²) in [6, 6.07) is 9.58. The maximum Gasteiger partial charge on any atom is 0.173 e. The van der Waals surface area contributed by atoms with E-state index in [4.69, 9.17) is 9.47 Å². The maximum absolute atomic E-state index is 10.2. The molecule has 4 N–H and O–H groups in total. The highest BCUT2D eigenvalue weighted by molar-refractivity contribution is 8.00. The highest BCUT2D eigenvalue weighted by Crippen LogP contribution is 2.37. The standard InChI is InChI=1S/C18H22O6S2/c1-23-11-4-2-10(3-5-11)8-13-12(6-7-25-13)24-18-17(22)16(21)15(20)14(9-19)26-18/h2-7,14-22H,8-9H2,1H3/t14?,15-,16-,17?,18-/m1/s1. The summed E-state index contributed by atoms with van der Waals surface area (Å²) < 4.78 is 11.1. The predicted octanol–water partition coefficient (Wildman–Crippen LogP) is 1.24. The zero-order valence-electron chi connectivity index (χ0n) is 14.2. The summed E-state index contributed by atoms with van der Waals surface area (Å²) in [4.78, 5) is 0.990. The molecule has 1 aromatic heterocycles. The molecular formula is C18H22O6S2. The van der Waals surface area contributed by atoms with Crippen molar-refractivity contribution in [1.29, 1.82) is 0 Å². The Bertz CT molecular complexity index is 702. The van der Waals surface area contributed by atoms with Crippen LogP contribution in [0.1, 0.15) is 10.4 Å². The molecule has 0 saturated carbocycles. The SMILES string of the molecule is COc1ccc(Cc2sccc2O[C@@H]2SC(CO)[C@@H](O)[C@@H](O)C2O)cc1. The Labute approximate surface area is 160 Å². The van der Waals surface area contributed by atoms with E-state index in [9.17, 15) is 20.4 Å². The molecule has 3 rings (SSSR count). The number of benzene rings is 1. The first-order valence-electron chi connectivity index (χ1n) is 8.20. The molecule has 8 heteroatoms. The molecule has 1 aliphatic rings. The molecule has 0 aliphatic carbocycles. The van der Waals surface area contributed by atoms with Gasteiger partial charge in [0.15, 0.2) is 5.44 Å². The third-order valence-electron chi connectivity index (χ3n) is 4.32. The lowest BCUT2D eigenvalue weighted by atomic mass is 10.0. The van der Waals surface area contributed by atoms with Gasteiger partial charge in [0.25, 0.3) is 0 Å². The van der Waals surface area contributed by atoms with Gasteiger partial charge in [-0.3, -0.25) is 0 Å². The van der Waals surface area contributed by atoms with E-state index in [2.05, 4.69) is 0 Å². The molecule has 0 amide bonds. The van der Waals surface area contributed by atoms with Gasteiger partial charge in [0, 0.05) is 6.42 Å². The van der Waals surface area contributed by atoms with Crippen molar-refractivity contribution in [2.24, 2.45) is 0 Å². The summed E-state index contributed by atoms with van der Waals surface area (Å²) >= 11 is 2.67. The molecule has 0 radical (unpaired) electrons. The van der Waals surface area contributed by atoms with Crippen LogP contribution in [0.3, 0.4) is 0 Å². The fraction of sp³-hybridized carbons (Fsp3) is 0.444. The summed E-state index contributed by atoms with van der Waals surface area (Å²) in [7, 11) is 1.62. The Morgan fingerprint density at radius 2 is 1.73 bits per heavy atom. The fourth-order valence-corrected chi connectivity index (χ4v) is 4.85. The van der Waals surface area contributed by atoms with Crippen LogP contribution >= 0.6 is 23.1 Å². The molecule has 5 atom stereocenters. The van der Waals surface area contributed by atoms with Crippen molar-refractivity contribution in [1.82, 2.24) is 0 Å². The highest BCUT2D eigenvalue weighted by Gasteiger charge is 2.44. The molecule has 2 unspecified atom stereocenters. The molecule has 1 saturated heterocycles. The van der Waals surface area contributed by atoms with Crippen molar-refractivity contribution < 1.29 is 29.9 Å². The van der Waals surface area contributed by atoms with Gasteiger partial charge in [0.05, 0.1) is 29.9 Å². The van der Waals surface area contributed by atoms with Gasteiger partial charge in [-0.1, -0.05) is 12.1 Å². The molecule has 1 aliphatic heterocycles. The van der Waals surface area contributed by atoms with E-state index in [0.29, 0.717) is 12.2 Å². The zero-order valence-corrected chi connectivity index (χ0v) is 15.8. The summed E-state index contributed by atoms with van der Waals surface area (Å²) in [6.07, 6.45) is -3.13. The third kappa shape index (κ3) is 4.16. The largest absolute Gasteiger partial charge is 0.497 e. The van der Waals surface area contributed by atoms with Crippen molar-refractivity contribution >= 4 is 23.1 Å². The second-order valence-electron chi connectivity index (χ2n) is 6.05. The van der Waals surface area contributed by atoms with E-state index in [1.807, 2.05) is 35.7 Å². The fourth-order valence-electron chi connectivity index (χ4n) is 2.78. The van der Waals surface area contributed by atoms with Crippen molar-refractivity contribution in [3.05, 3.63) is 46.2 Å². The molecule has 26 heavy (non-hydrogen) atoms. The van der Waals surface area contributed by atoms with Crippen LogP contribution in [0.5, 0.6) is 11.5 Å². The molecule has 0 bridgehead atoms. The number of hydrogen-bond donors (Lipinski definition) is 4. The van der Waals surface area contributed by atoms with Crippen LogP contribution < -0.4 is 9.47 Å². The average molecular weight is 399 g/mol. The molecule has 2 aromatic rings. The van der Waals surface area contributed by atoms with Gasteiger partial charge in [0.2, 0.25) is 0 Å². The second kappa shape index (κ2) is 8.60. The Morgan fingerprint density at radius 3 is 2.38 bits per heavy atom. The van der Waals surface area contributed by atoms with Crippen molar-refractivity contribution in [2.45, 2.75) is 35.4 Å². The van der Waals surface area contributed by atoms with Crippen molar-refractivity contribution in [3.8, 4) is 11.5 Å². The van der Waals surface area contributed by atoms with Gasteiger partial charge < -0.3 is 29.9 Å². The lowest BCUT2D eigenvalue weighted by Crippen LogP contribution is -2.55. The number of aliphatic hydroxyl groups excluding tert-OH is 4. The summed E-state index contributed by atoms with van der Waals surface area (Å²) in [6.45, 7) is -0.308. The predicted molar refractivity (Wildman–Crippen MR) is 101 cm³/mol. The summed E-state index contributed by atoms with van der Waals surface area (Å²) in [5.41, 5.74) is 0.327. The number of rotatable bonds is 6. The number of methoxy groups -OCH3 is 1. The topological polar surface area (TPSA) is 99.4 Å².